The van der Waals surface area contributed by atoms with E-state index in [1.165, 1.54) is 23.8 Å². The number of nitro groups is 1. The maximum Gasteiger partial charge on any atom is 0.271 e. The summed E-state index contributed by atoms with van der Waals surface area (Å²) in [5.41, 5.74) is 5.66. The molecule has 2 aliphatic heterocycles. The number of ether oxygens (including phenoxy) is 1. The number of anilines is 1. The highest BCUT2D eigenvalue weighted by molar-refractivity contribution is 6.22. The number of hydrogen-bond donors (Lipinski definition) is 1. The second-order valence-electron chi connectivity index (χ2n) is 13.0. The molecule has 0 aromatic heterocycles. The van der Waals surface area contributed by atoms with E-state index in [1.807, 2.05) is 48.5 Å². The number of phenols is 1. The van der Waals surface area contributed by atoms with Crippen molar-refractivity contribution in [1.82, 2.24) is 0 Å². The zero-order valence-corrected chi connectivity index (χ0v) is 26.3. The van der Waals surface area contributed by atoms with Crippen LogP contribution in [0.2, 0.25) is 0 Å². The summed E-state index contributed by atoms with van der Waals surface area (Å²) >= 11 is 0. The standard InChI is InChI=1S/C39H36N2O6/c1-23(2)31-21-32-37(39(44)40(38(32)43)27-11-8-12-28(20-27)41(45)46)33-22-47-35(36(31)33)18-16-25(24-9-4-3-5-10-24)19-26-15-17-34(42)30-14-7-6-13-29(26)30/h3-15,17,19-20,23,32-33,35,37,42H,16,18,21-22H2,1-2H3/b25-19-/t32-,33+,35-,37-/m1/s1. The van der Waals surface area contributed by atoms with Crippen LogP contribution in [0.15, 0.2) is 102 Å². The van der Waals surface area contributed by atoms with Crippen LogP contribution in [0.5, 0.6) is 5.75 Å². The number of carbonyl (C=O) groups is 2. The van der Waals surface area contributed by atoms with Gasteiger partial charge in [-0.1, -0.05) is 92.2 Å². The molecular weight excluding hydrogens is 592 g/mol. The lowest BCUT2D eigenvalue weighted by atomic mass is 9.67. The van der Waals surface area contributed by atoms with E-state index in [2.05, 4.69) is 32.1 Å². The van der Waals surface area contributed by atoms with Crippen molar-refractivity contribution in [2.75, 3.05) is 11.5 Å². The summed E-state index contributed by atoms with van der Waals surface area (Å²) in [5.74, 6) is -1.48. The van der Waals surface area contributed by atoms with Crippen LogP contribution in [0.4, 0.5) is 11.4 Å². The minimum Gasteiger partial charge on any atom is -0.507 e. The van der Waals surface area contributed by atoms with Crippen LogP contribution < -0.4 is 4.90 Å². The van der Waals surface area contributed by atoms with Crippen molar-refractivity contribution in [3.63, 3.8) is 0 Å². The fourth-order valence-electron chi connectivity index (χ4n) is 7.82. The van der Waals surface area contributed by atoms with E-state index < -0.39 is 16.8 Å². The first-order valence-corrected chi connectivity index (χ1v) is 16.2. The van der Waals surface area contributed by atoms with Gasteiger partial charge in [-0.15, -0.1) is 0 Å². The zero-order chi connectivity index (χ0) is 32.8. The van der Waals surface area contributed by atoms with Gasteiger partial charge in [0.25, 0.3) is 5.69 Å². The molecule has 2 fully saturated rings. The second kappa shape index (κ2) is 12.3. The van der Waals surface area contributed by atoms with Crippen LogP contribution in [0.25, 0.3) is 22.4 Å². The molecule has 2 saturated heterocycles. The minimum atomic E-state index is -0.559. The summed E-state index contributed by atoms with van der Waals surface area (Å²) in [6.45, 7) is 4.60. The summed E-state index contributed by atoms with van der Waals surface area (Å²) in [6, 6.07) is 27.5. The van der Waals surface area contributed by atoms with E-state index in [9.17, 15) is 24.8 Å². The predicted molar refractivity (Wildman–Crippen MR) is 181 cm³/mol. The lowest BCUT2D eigenvalue weighted by Gasteiger charge is -2.33. The predicted octanol–water partition coefficient (Wildman–Crippen LogP) is 7.95. The molecule has 0 saturated carbocycles. The lowest BCUT2D eigenvalue weighted by molar-refractivity contribution is -0.384. The molecule has 2 heterocycles. The monoisotopic (exact) mass is 628 g/mol. The molecule has 8 nitrogen and oxygen atoms in total. The summed E-state index contributed by atoms with van der Waals surface area (Å²) in [5, 5.41) is 23.7. The third-order valence-corrected chi connectivity index (χ3v) is 10.0. The molecule has 8 heteroatoms. The molecule has 0 spiro atoms. The number of phenolic OH excluding ortho intramolecular Hbond substituents is 1. The van der Waals surface area contributed by atoms with Gasteiger partial charge in [0.1, 0.15) is 5.75 Å². The van der Waals surface area contributed by atoms with Crippen LogP contribution in [0.3, 0.4) is 0 Å². The SMILES string of the molecule is CC(C)C1=C2[C@@H](CC/C(=C/c3ccc(O)c4ccccc34)c3ccccc3)OC[C@@H]2[C@@H]2C(=O)N(c3cccc([N+](=O)[O-])c3)C(=O)[C@@H]2C1. The van der Waals surface area contributed by atoms with E-state index in [-0.39, 0.29) is 46.9 Å². The van der Waals surface area contributed by atoms with Crippen molar-refractivity contribution < 1.29 is 24.4 Å². The van der Waals surface area contributed by atoms with E-state index in [0.717, 1.165) is 37.9 Å². The smallest absolute Gasteiger partial charge is 0.271 e. The summed E-state index contributed by atoms with van der Waals surface area (Å²) in [7, 11) is 0. The fraction of sp³-hybridized carbons (Fsp3) is 0.282. The van der Waals surface area contributed by atoms with Crippen molar-refractivity contribution in [1.29, 1.82) is 0 Å². The van der Waals surface area contributed by atoms with Gasteiger partial charge in [0.15, 0.2) is 0 Å². The normalized spacial score (nSPS) is 22.7. The van der Waals surface area contributed by atoms with Crippen LogP contribution in [0, 0.1) is 33.8 Å². The molecule has 2 amide bonds. The zero-order valence-electron chi connectivity index (χ0n) is 26.3. The van der Waals surface area contributed by atoms with Gasteiger partial charge in [-0.3, -0.25) is 19.7 Å². The average molecular weight is 629 g/mol. The second-order valence-corrected chi connectivity index (χ2v) is 13.0. The molecule has 0 radical (unpaired) electrons. The molecule has 0 bridgehead atoms. The van der Waals surface area contributed by atoms with Gasteiger partial charge >= 0.3 is 0 Å². The summed E-state index contributed by atoms with van der Waals surface area (Å²) < 4.78 is 6.50. The highest BCUT2D eigenvalue weighted by atomic mass is 16.6. The summed E-state index contributed by atoms with van der Waals surface area (Å²) in [4.78, 5) is 39.8. The Labute approximate surface area is 273 Å². The van der Waals surface area contributed by atoms with Crippen molar-refractivity contribution in [3.05, 3.63) is 123 Å². The largest absolute Gasteiger partial charge is 0.507 e. The number of non-ortho nitro benzene ring substituents is 1. The molecule has 4 aromatic rings. The van der Waals surface area contributed by atoms with E-state index in [1.54, 1.807) is 12.1 Å². The molecule has 1 aliphatic carbocycles. The van der Waals surface area contributed by atoms with E-state index in [0.29, 0.717) is 25.9 Å². The Bertz CT molecular complexity index is 1960. The minimum absolute atomic E-state index is 0.161. The Kier molecular flexibility index (Phi) is 7.98. The third kappa shape index (κ3) is 5.42. The maximum absolute atomic E-state index is 14.0. The van der Waals surface area contributed by atoms with Gasteiger partial charge < -0.3 is 9.84 Å². The fourth-order valence-corrected chi connectivity index (χ4v) is 7.82. The Morgan fingerprint density at radius 1 is 0.957 bits per heavy atom. The number of imide groups is 1. The summed E-state index contributed by atoms with van der Waals surface area (Å²) in [6.07, 6.45) is 3.88. The topological polar surface area (TPSA) is 110 Å². The number of benzene rings is 4. The number of fused-ring (bicyclic) bond motifs is 4. The lowest BCUT2D eigenvalue weighted by Crippen LogP contribution is -2.35. The first-order valence-electron chi connectivity index (χ1n) is 16.2. The first kappa shape index (κ1) is 30.6. The molecule has 1 N–H and O–H groups in total. The van der Waals surface area contributed by atoms with Gasteiger partial charge in [0, 0.05) is 23.4 Å². The van der Waals surface area contributed by atoms with Crippen LogP contribution in [0.1, 0.15) is 44.2 Å². The molecule has 7 rings (SSSR count). The van der Waals surface area contributed by atoms with Gasteiger partial charge in [0.2, 0.25) is 11.8 Å². The number of hydrogen-bond acceptors (Lipinski definition) is 6. The number of allylic oxidation sites excluding steroid dienone is 2. The third-order valence-electron chi connectivity index (χ3n) is 10.0. The van der Waals surface area contributed by atoms with Gasteiger partial charge in [-0.2, -0.15) is 0 Å². The number of nitro benzene ring substituents is 1. The molecule has 238 valence electrons. The number of nitrogens with zero attached hydrogens (tertiary/aromatic N) is 2. The maximum atomic E-state index is 14.0. The number of carbonyl (C=O) groups excluding carboxylic acids is 2. The Morgan fingerprint density at radius 3 is 2.45 bits per heavy atom. The molecule has 4 atom stereocenters. The Hall–Kier alpha value is -5.08. The Morgan fingerprint density at radius 2 is 1.70 bits per heavy atom. The van der Waals surface area contributed by atoms with Crippen LogP contribution in [-0.4, -0.2) is 34.6 Å². The molecular formula is C39H36N2O6. The van der Waals surface area contributed by atoms with Crippen molar-refractivity contribution in [3.8, 4) is 5.75 Å². The number of aromatic hydroxyl groups is 1. The highest BCUT2D eigenvalue weighted by Crippen LogP contribution is 2.52. The molecule has 47 heavy (non-hydrogen) atoms. The average Bonchev–Trinajstić information content (AvgIpc) is 3.61. The quantitative estimate of drug-likeness (QED) is 0.0697. The van der Waals surface area contributed by atoms with Crippen LogP contribution >= 0.6 is 0 Å². The number of amides is 2. The molecule has 3 aliphatic rings. The Balaban J connectivity index is 1.20. The van der Waals surface area contributed by atoms with Crippen LogP contribution in [-0.2, 0) is 14.3 Å². The van der Waals surface area contributed by atoms with Gasteiger partial charge in [0.05, 0.1) is 35.2 Å². The first-order chi connectivity index (χ1) is 22.7. The van der Waals surface area contributed by atoms with E-state index >= 15 is 0 Å². The number of rotatable bonds is 8. The van der Waals surface area contributed by atoms with E-state index in [4.69, 9.17) is 4.74 Å². The van der Waals surface area contributed by atoms with Crippen molar-refractivity contribution >= 4 is 45.6 Å². The molecule has 0 unspecified atom stereocenters. The highest BCUT2D eigenvalue weighted by Gasteiger charge is 2.57. The van der Waals surface area contributed by atoms with Crippen molar-refractivity contribution in [2.45, 2.75) is 39.2 Å². The van der Waals surface area contributed by atoms with Crippen molar-refractivity contribution in [2.24, 2.45) is 23.7 Å². The molecule has 4 aromatic carbocycles. The van der Waals surface area contributed by atoms with Gasteiger partial charge in [-0.25, -0.2) is 4.90 Å². The van der Waals surface area contributed by atoms with Gasteiger partial charge in [-0.05, 0) is 65.0 Å².